The van der Waals surface area contributed by atoms with E-state index in [1.807, 2.05) is 0 Å². The van der Waals surface area contributed by atoms with Crippen LogP contribution in [-0.2, 0) is 0 Å². The molecule has 1 unspecified atom stereocenters. The highest BCUT2D eigenvalue weighted by Crippen LogP contribution is 2.18. The molecule has 0 amide bonds. The van der Waals surface area contributed by atoms with E-state index in [-0.39, 0.29) is 0 Å². The van der Waals surface area contributed by atoms with Crippen LogP contribution < -0.4 is 0 Å². The van der Waals surface area contributed by atoms with Crippen LogP contribution in [0, 0.1) is 5.92 Å². The second kappa shape index (κ2) is 7.04. The lowest BCUT2D eigenvalue weighted by molar-refractivity contribution is 0.225. The number of piperidine rings is 1. The molecule has 0 aliphatic carbocycles. The van der Waals surface area contributed by atoms with E-state index in [9.17, 15) is 0 Å². The van der Waals surface area contributed by atoms with Crippen molar-refractivity contribution in [3.05, 3.63) is 0 Å². The lowest BCUT2D eigenvalue weighted by Gasteiger charge is -2.27. The first-order chi connectivity index (χ1) is 6.68. The second-order valence-corrected chi connectivity index (χ2v) is 6.68. The van der Waals surface area contributed by atoms with Crippen molar-refractivity contribution >= 4 is 22.6 Å². The molecule has 1 aliphatic rings. The Kier molecular flexibility index (Phi) is 6.42. The van der Waals surface area contributed by atoms with E-state index in [0.29, 0.717) is 0 Å². The third-order valence-corrected chi connectivity index (χ3v) is 4.07. The van der Waals surface area contributed by atoms with Crippen molar-refractivity contribution in [2.45, 2.75) is 49.9 Å². The summed E-state index contributed by atoms with van der Waals surface area (Å²) in [4.78, 5) is 2.65. The van der Waals surface area contributed by atoms with Gasteiger partial charge in [0.25, 0.3) is 0 Å². The zero-order valence-corrected chi connectivity index (χ0v) is 11.8. The Labute approximate surface area is 103 Å². The molecule has 1 heterocycles. The van der Waals surface area contributed by atoms with E-state index in [0.717, 1.165) is 9.84 Å². The summed E-state index contributed by atoms with van der Waals surface area (Å²) in [7, 11) is 0. The Bertz CT molecular complexity index is 141. The van der Waals surface area contributed by atoms with Gasteiger partial charge in [-0.25, -0.2) is 0 Å². The quantitative estimate of drug-likeness (QED) is 0.553. The molecule has 84 valence electrons. The second-order valence-electron chi connectivity index (χ2n) is 4.92. The zero-order chi connectivity index (χ0) is 10.4. The van der Waals surface area contributed by atoms with Gasteiger partial charge in [0.1, 0.15) is 0 Å². The molecule has 0 aromatic carbocycles. The van der Waals surface area contributed by atoms with Gasteiger partial charge in [-0.1, -0.05) is 42.9 Å². The normalized spacial score (nSPS) is 21.4. The van der Waals surface area contributed by atoms with Gasteiger partial charge >= 0.3 is 0 Å². The molecule has 0 spiro atoms. The Morgan fingerprint density at radius 2 is 1.79 bits per heavy atom. The molecule has 1 nitrogen and oxygen atoms in total. The van der Waals surface area contributed by atoms with Gasteiger partial charge < -0.3 is 4.90 Å². The molecule has 1 atom stereocenters. The summed E-state index contributed by atoms with van der Waals surface area (Å²) in [6, 6.07) is 0. The van der Waals surface area contributed by atoms with Crippen molar-refractivity contribution in [2.75, 3.05) is 19.6 Å². The van der Waals surface area contributed by atoms with Crippen LogP contribution in [0.3, 0.4) is 0 Å². The minimum atomic E-state index is 0.859. The first-order valence-electron chi connectivity index (χ1n) is 6.05. The fourth-order valence-corrected chi connectivity index (χ4v) is 3.43. The van der Waals surface area contributed by atoms with Crippen LogP contribution in [0.4, 0.5) is 0 Å². The van der Waals surface area contributed by atoms with Gasteiger partial charge in [-0.15, -0.1) is 0 Å². The topological polar surface area (TPSA) is 3.24 Å². The fourth-order valence-electron chi connectivity index (χ4n) is 2.14. The number of halogens is 1. The van der Waals surface area contributed by atoms with Gasteiger partial charge in [0.2, 0.25) is 0 Å². The van der Waals surface area contributed by atoms with Crippen molar-refractivity contribution < 1.29 is 0 Å². The largest absolute Gasteiger partial charge is 0.303 e. The summed E-state index contributed by atoms with van der Waals surface area (Å²) in [5, 5.41) is 0. The Balaban J connectivity index is 2.06. The molecule has 0 bridgehead atoms. The fraction of sp³-hybridized carbons (Fsp3) is 1.00. The number of rotatable bonds is 5. The molecule has 0 N–H and O–H groups in total. The van der Waals surface area contributed by atoms with E-state index in [4.69, 9.17) is 0 Å². The van der Waals surface area contributed by atoms with Gasteiger partial charge in [0, 0.05) is 3.92 Å². The van der Waals surface area contributed by atoms with Crippen molar-refractivity contribution in [2.24, 2.45) is 5.92 Å². The monoisotopic (exact) mass is 309 g/mol. The maximum atomic E-state index is 2.65. The molecule has 0 radical (unpaired) electrons. The SMILES string of the molecule is CC(C)CC(I)CCN1CCCCC1. The highest BCUT2D eigenvalue weighted by Gasteiger charge is 2.12. The lowest BCUT2D eigenvalue weighted by atomic mass is 10.1. The first kappa shape index (κ1) is 12.8. The van der Waals surface area contributed by atoms with E-state index in [1.165, 1.54) is 51.7 Å². The van der Waals surface area contributed by atoms with Crippen LogP contribution in [0.15, 0.2) is 0 Å². The maximum Gasteiger partial charge on any atom is 0.0124 e. The summed E-state index contributed by atoms with van der Waals surface area (Å²) < 4.78 is 0.884. The average Bonchev–Trinajstić information content (AvgIpc) is 2.15. The minimum Gasteiger partial charge on any atom is -0.303 e. The van der Waals surface area contributed by atoms with Gasteiger partial charge in [0.05, 0.1) is 0 Å². The molecular formula is C12H24IN. The van der Waals surface area contributed by atoms with Gasteiger partial charge in [0.15, 0.2) is 0 Å². The number of hydrogen-bond donors (Lipinski definition) is 0. The molecule has 2 heteroatoms. The first-order valence-corrected chi connectivity index (χ1v) is 7.29. The molecule has 1 saturated heterocycles. The Morgan fingerprint density at radius 3 is 2.36 bits per heavy atom. The van der Waals surface area contributed by atoms with Crippen molar-refractivity contribution in [3.63, 3.8) is 0 Å². The van der Waals surface area contributed by atoms with Crippen molar-refractivity contribution in [3.8, 4) is 0 Å². The predicted molar refractivity (Wildman–Crippen MR) is 72.2 cm³/mol. The summed E-state index contributed by atoms with van der Waals surface area (Å²) in [6.07, 6.45) is 7.08. The Hall–Kier alpha value is 0.690. The van der Waals surface area contributed by atoms with E-state index in [1.54, 1.807) is 0 Å². The van der Waals surface area contributed by atoms with Gasteiger partial charge in [-0.05, 0) is 51.2 Å². The van der Waals surface area contributed by atoms with Crippen LogP contribution >= 0.6 is 22.6 Å². The predicted octanol–water partition coefficient (Wildman–Crippen LogP) is 3.71. The zero-order valence-electron chi connectivity index (χ0n) is 9.64. The number of alkyl halides is 1. The smallest absolute Gasteiger partial charge is 0.0124 e. The molecule has 1 aliphatic heterocycles. The van der Waals surface area contributed by atoms with Crippen LogP contribution in [0.2, 0.25) is 0 Å². The molecule has 0 aromatic heterocycles. The summed E-state index contributed by atoms with van der Waals surface area (Å²) in [6.45, 7) is 8.69. The summed E-state index contributed by atoms with van der Waals surface area (Å²) >= 11 is 2.63. The highest BCUT2D eigenvalue weighted by atomic mass is 127. The maximum absolute atomic E-state index is 2.65. The molecule has 14 heavy (non-hydrogen) atoms. The van der Waals surface area contributed by atoms with E-state index >= 15 is 0 Å². The van der Waals surface area contributed by atoms with Gasteiger partial charge in [-0.2, -0.15) is 0 Å². The lowest BCUT2D eigenvalue weighted by Crippen LogP contribution is -2.31. The molecular weight excluding hydrogens is 285 g/mol. The minimum absolute atomic E-state index is 0.859. The van der Waals surface area contributed by atoms with Crippen LogP contribution in [0.5, 0.6) is 0 Å². The standard InChI is InChI=1S/C12H24IN/c1-11(2)10-12(13)6-9-14-7-4-3-5-8-14/h11-12H,3-10H2,1-2H3. The number of likely N-dealkylation sites (tertiary alicyclic amines) is 1. The Morgan fingerprint density at radius 1 is 1.14 bits per heavy atom. The molecule has 1 fully saturated rings. The van der Waals surface area contributed by atoms with E-state index in [2.05, 4.69) is 41.3 Å². The molecule has 0 saturated carbocycles. The number of nitrogens with zero attached hydrogens (tertiary/aromatic N) is 1. The van der Waals surface area contributed by atoms with Gasteiger partial charge in [-0.3, -0.25) is 0 Å². The average molecular weight is 309 g/mol. The third kappa shape index (κ3) is 5.54. The van der Waals surface area contributed by atoms with Crippen molar-refractivity contribution in [1.82, 2.24) is 4.90 Å². The summed E-state index contributed by atoms with van der Waals surface area (Å²) in [5.74, 6) is 0.859. The number of hydrogen-bond acceptors (Lipinski definition) is 1. The van der Waals surface area contributed by atoms with Crippen LogP contribution in [0.1, 0.15) is 46.0 Å². The third-order valence-electron chi connectivity index (χ3n) is 2.93. The molecule has 1 rings (SSSR count). The van der Waals surface area contributed by atoms with Crippen molar-refractivity contribution in [1.29, 1.82) is 0 Å². The van der Waals surface area contributed by atoms with Crippen LogP contribution in [-0.4, -0.2) is 28.5 Å². The summed E-state index contributed by atoms with van der Waals surface area (Å²) in [5.41, 5.74) is 0. The van der Waals surface area contributed by atoms with Crippen LogP contribution in [0.25, 0.3) is 0 Å². The molecule has 0 aromatic rings. The van der Waals surface area contributed by atoms with E-state index < -0.39 is 0 Å². The highest BCUT2D eigenvalue weighted by molar-refractivity contribution is 14.1.